The molecule has 1 N–H and O–H groups in total. The van der Waals surface area contributed by atoms with Crippen LogP contribution in [0.1, 0.15) is 19.4 Å². The van der Waals surface area contributed by atoms with E-state index >= 15 is 0 Å². The molecule has 0 fully saturated rings. The second kappa shape index (κ2) is 9.02. The summed E-state index contributed by atoms with van der Waals surface area (Å²) in [5, 5.41) is 0.717. The van der Waals surface area contributed by atoms with E-state index in [0.717, 1.165) is 35.0 Å². The monoisotopic (exact) mass is 426 g/mol. The molecule has 2 heterocycles. The Balaban J connectivity index is 1.61. The highest BCUT2D eigenvalue weighted by Gasteiger charge is 2.33. The lowest BCUT2D eigenvalue weighted by atomic mass is 10.2. The van der Waals surface area contributed by atoms with Crippen LogP contribution in [0.25, 0.3) is 10.2 Å². The maximum Gasteiger partial charge on any atom is 0.273 e. The van der Waals surface area contributed by atoms with E-state index in [9.17, 15) is 4.79 Å². The third-order valence-electron chi connectivity index (χ3n) is 5.50. The van der Waals surface area contributed by atoms with Crippen LogP contribution in [0, 0.1) is 6.92 Å². The fourth-order valence-electron chi connectivity index (χ4n) is 3.62. The lowest BCUT2D eigenvalue weighted by Crippen LogP contribution is -3.12. The fraction of sp³-hybridized carbons (Fsp3) is 0.391. The Morgan fingerprint density at radius 3 is 2.73 bits per heavy atom. The number of ether oxygens (including phenoxy) is 2. The Labute approximate surface area is 181 Å². The van der Waals surface area contributed by atoms with Gasteiger partial charge in [-0.2, -0.15) is 0 Å². The van der Waals surface area contributed by atoms with Crippen LogP contribution >= 0.6 is 11.3 Å². The minimum Gasteiger partial charge on any atom is -0.485 e. The van der Waals surface area contributed by atoms with Gasteiger partial charge in [-0.1, -0.05) is 29.5 Å². The number of aryl methyl sites for hydroxylation is 1. The number of hydrogen-bond donors (Lipinski definition) is 1. The number of fused-ring (bicyclic) bond motifs is 2. The largest absolute Gasteiger partial charge is 0.485 e. The maximum atomic E-state index is 13.5. The third kappa shape index (κ3) is 4.27. The van der Waals surface area contributed by atoms with E-state index in [1.807, 2.05) is 36.4 Å². The summed E-state index contributed by atoms with van der Waals surface area (Å²) >= 11 is 1.55. The fourth-order valence-corrected chi connectivity index (χ4v) is 4.72. The van der Waals surface area contributed by atoms with Crippen molar-refractivity contribution in [1.82, 2.24) is 4.98 Å². The summed E-state index contributed by atoms with van der Waals surface area (Å²) in [5.74, 6) is 1.18. The molecule has 30 heavy (non-hydrogen) atoms. The molecule has 0 spiro atoms. The first-order chi connectivity index (χ1) is 14.6. The molecule has 0 saturated heterocycles. The van der Waals surface area contributed by atoms with E-state index in [-0.39, 0.29) is 12.5 Å². The molecule has 1 aliphatic rings. The number of carbonyl (C=O) groups is 1. The Kier molecular flexibility index (Phi) is 6.20. The van der Waals surface area contributed by atoms with Gasteiger partial charge in [0.2, 0.25) is 6.10 Å². The molecule has 1 atom stereocenters. The maximum absolute atomic E-state index is 13.5. The van der Waals surface area contributed by atoms with Crippen molar-refractivity contribution >= 4 is 32.6 Å². The summed E-state index contributed by atoms with van der Waals surface area (Å²) in [6.07, 6.45) is -0.680. The number of amides is 1. The van der Waals surface area contributed by atoms with Gasteiger partial charge in [0, 0.05) is 0 Å². The summed E-state index contributed by atoms with van der Waals surface area (Å²) in [7, 11) is 0. The first-order valence-corrected chi connectivity index (χ1v) is 11.3. The summed E-state index contributed by atoms with van der Waals surface area (Å²) in [4.78, 5) is 21.5. The van der Waals surface area contributed by atoms with E-state index < -0.39 is 6.10 Å². The van der Waals surface area contributed by atoms with Gasteiger partial charge in [-0.25, -0.2) is 4.98 Å². The highest BCUT2D eigenvalue weighted by molar-refractivity contribution is 7.22. The summed E-state index contributed by atoms with van der Waals surface area (Å²) in [5.41, 5.74) is 2.10. The van der Waals surface area contributed by atoms with E-state index in [0.29, 0.717) is 18.0 Å². The molecule has 6 nitrogen and oxygen atoms in total. The molecule has 3 aromatic rings. The van der Waals surface area contributed by atoms with Crippen LogP contribution < -0.4 is 19.3 Å². The van der Waals surface area contributed by atoms with Crippen molar-refractivity contribution in [2.75, 3.05) is 37.7 Å². The van der Waals surface area contributed by atoms with Crippen LogP contribution in [0.15, 0.2) is 42.5 Å². The summed E-state index contributed by atoms with van der Waals surface area (Å²) < 4.78 is 12.9. The van der Waals surface area contributed by atoms with Gasteiger partial charge in [0.1, 0.15) is 6.61 Å². The number of nitrogens with zero attached hydrogens (tertiary/aromatic N) is 2. The number of para-hydroxylation sites is 2. The second-order valence-corrected chi connectivity index (χ2v) is 8.54. The normalized spacial score (nSPS) is 15.5. The first-order valence-electron chi connectivity index (χ1n) is 10.5. The van der Waals surface area contributed by atoms with Gasteiger partial charge in [-0.15, -0.1) is 0 Å². The van der Waals surface area contributed by atoms with Gasteiger partial charge in [0.05, 0.1) is 36.4 Å². The molecule has 1 aliphatic heterocycles. The van der Waals surface area contributed by atoms with Crippen LogP contribution in [-0.4, -0.2) is 49.8 Å². The lowest BCUT2D eigenvalue weighted by molar-refractivity contribution is -0.894. The van der Waals surface area contributed by atoms with E-state index in [4.69, 9.17) is 14.5 Å². The molecule has 7 heteroatoms. The van der Waals surface area contributed by atoms with Gasteiger partial charge in [0.15, 0.2) is 16.6 Å². The molecule has 0 bridgehead atoms. The lowest BCUT2D eigenvalue weighted by Gasteiger charge is -2.30. The summed E-state index contributed by atoms with van der Waals surface area (Å²) in [6.45, 7) is 10.1. The Bertz CT molecular complexity index is 1030. The van der Waals surface area contributed by atoms with Gasteiger partial charge in [-0.3, -0.25) is 9.69 Å². The molecule has 0 saturated carbocycles. The predicted molar refractivity (Wildman–Crippen MR) is 120 cm³/mol. The van der Waals surface area contributed by atoms with Crippen molar-refractivity contribution < 1.29 is 19.2 Å². The molecule has 1 aromatic heterocycles. The molecule has 4 rings (SSSR count). The first kappa shape index (κ1) is 20.6. The van der Waals surface area contributed by atoms with Gasteiger partial charge < -0.3 is 14.4 Å². The number of anilines is 1. The van der Waals surface area contributed by atoms with Crippen molar-refractivity contribution in [2.24, 2.45) is 0 Å². The number of likely N-dealkylation sites (N-methyl/N-ethyl adjacent to an activating group) is 1. The molecule has 0 aliphatic carbocycles. The zero-order chi connectivity index (χ0) is 21.1. The predicted octanol–water partition coefficient (Wildman–Crippen LogP) is 2.70. The average Bonchev–Trinajstić information content (AvgIpc) is 3.18. The quantitative estimate of drug-likeness (QED) is 0.631. The van der Waals surface area contributed by atoms with Crippen LogP contribution in [0.4, 0.5) is 5.13 Å². The zero-order valence-electron chi connectivity index (χ0n) is 17.7. The average molecular weight is 427 g/mol. The van der Waals surface area contributed by atoms with Gasteiger partial charge in [0.25, 0.3) is 5.91 Å². The highest BCUT2D eigenvalue weighted by Crippen LogP contribution is 2.33. The van der Waals surface area contributed by atoms with Crippen molar-refractivity contribution in [2.45, 2.75) is 26.9 Å². The Morgan fingerprint density at radius 2 is 1.97 bits per heavy atom. The van der Waals surface area contributed by atoms with E-state index in [1.165, 1.54) is 10.5 Å². The van der Waals surface area contributed by atoms with Gasteiger partial charge in [-0.05, 0) is 50.6 Å². The number of rotatable bonds is 7. The number of quaternary nitrogens is 1. The molecule has 0 radical (unpaired) electrons. The third-order valence-corrected chi connectivity index (χ3v) is 6.54. The minimum absolute atomic E-state index is 0.105. The van der Waals surface area contributed by atoms with Crippen LogP contribution in [-0.2, 0) is 4.79 Å². The number of hydrogen-bond acceptors (Lipinski definition) is 5. The van der Waals surface area contributed by atoms with Crippen molar-refractivity contribution in [3.05, 3.63) is 48.0 Å². The smallest absolute Gasteiger partial charge is 0.273 e. The number of thiazole rings is 1. The van der Waals surface area contributed by atoms with Gasteiger partial charge >= 0.3 is 0 Å². The van der Waals surface area contributed by atoms with E-state index in [1.54, 1.807) is 16.2 Å². The molecule has 1 amide bonds. The van der Waals surface area contributed by atoms with Crippen molar-refractivity contribution in [1.29, 1.82) is 0 Å². The molecular formula is C23H28N3O3S+. The van der Waals surface area contributed by atoms with E-state index in [2.05, 4.69) is 26.8 Å². The van der Waals surface area contributed by atoms with Crippen molar-refractivity contribution in [3.8, 4) is 11.5 Å². The SMILES string of the molecule is CC[NH+](CC)CCN(C(=O)[C@@H]1COc2ccccc2O1)c1nc2ccc(C)cc2s1. The Hall–Kier alpha value is -2.64. The standard InChI is InChI=1S/C23H27N3O3S/c1-4-25(5-2)12-13-26(23-24-17-11-10-16(3)14-21(17)30-23)22(27)20-15-28-18-8-6-7-9-19(18)29-20/h6-11,14,20H,4-5,12-13,15H2,1-3H3/p+1/t20-/m0/s1. The second-order valence-electron chi connectivity index (χ2n) is 7.53. The zero-order valence-corrected chi connectivity index (χ0v) is 18.5. The highest BCUT2D eigenvalue weighted by atomic mass is 32.1. The molecule has 158 valence electrons. The molecule has 0 unspecified atom stereocenters. The van der Waals surface area contributed by atoms with Crippen molar-refractivity contribution in [3.63, 3.8) is 0 Å². The van der Waals surface area contributed by atoms with Crippen LogP contribution in [0.5, 0.6) is 11.5 Å². The molecular weight excluding hydrogens is 398 g/mol. The molecule has 2 aromatic carbocycles. The Morgan fingerprint density at radius 1 is 1.20 bits per heavy atom. The summed E-state index contributed by atoms with van der Waals surface area (Å²) in [6, 6.07) is 13.6. The van der Waals surface area contributed by atoms with Crippen LogP contribution in [0.3, 0.4) is 0 Å². The minimum atomic E-state index is -0.680. The van der Waals surface area contributed by atoms with Crippen LogP contribution in [0.2, 0.25) is 0 Å². The number of aromatic nitrogens is 1. The topological polar surface area (TPSA) is 56.1 Å². The number of nitrogens with one attached hydrogen (secondary N) is 1. The number of benzene rings is 2. The number of carbonyl (C=O) groups excluding carboxylic acids is 1.